The Labute approximate surface area is 145 Å². The Morgan fingerprint density at radius 3 is 2.96 bits per heavy atom. The van der Waals surface area contributed by atoms with E-state index < -0.39 is 0 Å². The minimum atomic E-state index is -0.0525. The second kappa shape index (κ2) is 8.37. The highest BCUT2D eigenvalue weighted by atomic mass is 32.1. The van der Waals surface area contributed by atoms with Gasteiger partial charge in [0.1, 0.15) is 12.4 Å². The van der Waals surface area contributed by atoms with Crippen molar-refractivity contribution in [1.29, 1.82) is 0 Å². The number of nitrogens with one attached hydrogen (secondary N) is 2. The summed E-state index contributed by atoms with van der Waals surface area (Å²) < 4.78 is 2.26. The summed E-state index contributed by atoms with van der Waals surface area (Å²) in [5, 5.41) is 12.0. The Kier molecular flexibility index (Phi) is 6.49. The van der Waals surface area contributed by atoms with Crippen LogP contribution in [0.4, 0.5) is 0 Å². The third-order valence-electron chi connectivity index (χ3n) is 3.60. The Balaban J connectivity index is 1.97. The van der Waals surface area contributed by atoms with Gasteiger partial charge in [0.2, 0.25) is 5.91 Å². The first-order valence-electron chi connectivity index (χ1n) is 7.63. The molecular formula is C15H23N5OS2. The monoisotopic (exact) mass is 353 g/mol. The van der Waals surface area contributed by atoms with Crippen molar-refractivity contribution in [3.63, 3.8) is 0 Å². The first-order chi connectivity index (χ1) is 11.0. The number of amides is 1. The van der Waals surface area contributed by atoms with Gasteiger partial charge in [-0.05, 0) is 44.2 Å². The van der Waals surface area contributed by atoms with Crippen LogP contribution in [0.1, 0.15) is 30.1 Å². The maximum Gasteiger partial charge on any atom is 0.240 e. The fourth-order valence-corrected chi connectivity index (χ4v) is 3.49. The van der Waals surface area contributed by atoms with Crippen molar-refractivity contribution in [1.82, 2.24) is 25.0 Å². The normalized spacial score (nSPS) is 12.5. The maximum atomic E-state index is 12.3. The summed E-state index contributed by atoms with van der Waals surface area (Å²) in [6.07, 6.45) is 1.76. The van der Waals surface area contributed by atoms with Gasteiger partial charge in [0.05, 0.1) is 6.04 Å². The number of aromatic nitrogens is 3. The molecule has 1 amide bonds. The molecule has 1 atom stereocenters. The van der Waals surface area contributed by atoms with Gasteiger partial charge >= 0.3 is 0 Å². The average Bonchev–Trinajstić information content (AvgIpc) is 3.13. The van der Waals surface area contributed by atoms with Gasteiger partial charge in [-0.15, -0.1) is 11.3 Å². The highest BCUT2D eigenvalue weighted by Gasteiger charge is 2.17. The molecule has 0 aromatic carbocycles. The van der Waals surface area contributed by atoms with Crippen molar-refractivity contribution in [3.05, 3.63) is 33.0 Å². The zero-order valence-electron chi connectivity index (χ0n) is 13.7. The fraction of sp³-hybridized carbons (Fsp3) is 0.533. The van der Waals surface area contributed by atoms with Crippen molar-refractivity contribution >= 4 is 29.5 Å². The lowest BCUT2D eigenvalue weighted by Gasteiger charge is -2.23. The summed E-state index contributed by atoms with van der Waals surface area (Å²) in [5.74, 6) is 0.776. The van der Waals surface area contributed by atoms with Gasteiger partial charge in [0.25, 0.3) is 0 Å². The highest BCUT2D eigenvalue weighted by molar-refractivity contribution is 7.71. The molecule has 23 heavy (non-hydrogen) atoms. The van der Waals surface area contributed by atoms with E-state index in [9.17, 15) is 4.79 Å². The predicted molar refractivity (Wildman–Crippen MR) is 95.2 cm³/mol. The topological polar surface area (TPSA) is 66.0 Å². The zero-order valence-corrected chi connectivity index (χ0v) is 15.3. The van der Waals surface area contributed by atoms with E-state index in [0.717, 1.165) is 18.7 Å². The van der Waals surface area contributed by atoms with Crippen LogP contribution in [0.3, 0.4) is 0 Å². The second-order valence-corrected chi connectivity index (χ2v) is 6.95. The Hall–Kier alpha value is -1.51. The third-order valence-corrected chi connectivity index (χ3v) is 4.89. The molecular weight excluding hydrogens is 330 g/mol. The number of aromatic amines is 1. The van der Waals surface area contributed by atoms with Crippen LogP contribution >= 0.6 is 23.6 Å². The van der Waals surface area contributed by atoms with E-state index in [1.807, 2.05) is 20.2 Å². The fourth-order valence-electron chi connectivity index (χ4n) is 2.36. The number of aryl methyl sites for hydroxylation is 1. The molecule has 126 valence electrons. The first-order valence-corrected chi connectivity index (χ1v) is 8.92. The number of nitrogens with zero attached hydrogens (tertiary/aromatic N) is 3. The molecule has 2 rings (SSSR count). The van der Waals surface area contributed by atoms with Crippen molar-refractivity contribution in [2.45, 2.75) is 32.4 Å². The molecule has 2 heterocycles. The van der Waals surface area contributed by atoms with Crippen LogP contribution in [0.2, 0.25) is 0 Å². The SMILES string of the molecule is CCCc1n[nH]c(=S)n1CC(=O)NCC(c1cccs1)N(C)C. The molecule has 0 saturated heterocycles. The van der Waals surface area contributed by atoms with E-state index in [0.29, 0.717) is 11.3 Å². The molecule has 0 radical (unpaired) electrons. The third kappa shape index (κ3) is 4.73. The van der Waals surface area contributed by atoms with Crippen LogP contribution in [0, 0.1) is 4.77 Å². The molecule has 0 saturated carbocycles. The molecule has 0 aliphatic carbocycles. The van der Waals surface area contributed by atoms with Gasteiger partial charge in [-0.1, -0.05) is 13.0 Å². The van der Waals surface area contributed by atoms with Crippen LogP contribution in [-0.4, -0.2) is 46.2 Å². The lowest BCUT2D eigenvalue weighted by molar-refractivity contribution is -0.121. The number of hydrogen-bond donors (Lipinski definition) is 2. The quantitative estimate of drug-likeness (QED) is 0.715. The molecule has 6 nitrogen and oxygen atoms in total. The molecule has 0 aliphatic heterocycles. The number of carbonyl (C=O) groups excluding carboxylic acids is 1. The van der Waals surface area contributed by atoms with Gasteiger partial charge in [0, 0.05) is 17.8 Å². The van der Waals surface area contributed by atoms with Gasteiger partial charge < -0.3 is 10.2 Å². The lowest BCUT2D eigenvalue weighted by Crippen LogP contribution is -2.36. The predicted octanol–water partition coefficient (Wildman–Crippen LogP) is 2.37. The number of thiophene rings is 1. The molecule has 0 bridgehead atoms. The van der Waals surface area contributed by atoms with Crippen molar-refractivity contribution in [2.24, 2.45) is 0 Å². The first kappa shape index (κ1) is 17.8. The van der Waals surface area contributed by atoms with Crippen LogP contribution in [-0.2, 0) is 17.8 Å². The van der Waals surface area contributed by atoms with Crippen LogP contribution < -0.4 is 5.32 Å². The number of likely N-dealkylation sites (N-methyl/N-ethyl adjacent to an activating group) is 1. The van der Waals surface area contributed by atoms with Crippen molar-refractivity contribution < 1.29 is 4.79 Å². The summed E-state index contributed by atoms with van der Waals surface area (Å²) >= 11 is 6.90. The molecule has 0 aliphatic rings. The van der Waals surface area contributed by atoms with Crippen LogP contribution in [0.5, 0.6) is 0 Å². The Bertz CT molecular complexity index is 674. The van der Waals surface area contributed by atoms with Gasteiger partial charge in [-0.3, -0.25) is 14.5 Å². The van der Waals surface area contributed by atoms with Crippen molar-refractivity contribution in [2.75, 3.05) is 20.6 Å². The average molecular weight is 354 g/mol. The van der Waals surface area contributed by atoms with Crippen LogP contribution in [0.15, 0.2) is 17.5 Å². The van der Waals surface area contributed by atoms with E-state index in [4.69, 9.17) is 12.2 Å². The summed E-state index contributed by atoms with van der Waals surface area (Å²) in [4.78, 5) is 15.6. The molecule has 8 heteroatoms. The number of carbonyl (C=O) groups is 1. The molecule has 2 N–H and O–H groups in total. The smallest absolute Gasteiger partial charge is 0.240 e. The zero-order chi connectivity index (χ0) is 16.8. The van der Waals surface area contributed by atoms with E-state index >= 15 is 0 Å². The minimum absolute atomic E-state index is 0.0525. The number of hydrogen-bond acceptors (Lipinski definition) is 5. The summed E-state index contributed by atoms with van der Waals surface area (Å²) in [5.41, 5.74) is 0. The Morgan fingerprint density at radius 2 is 2.35 bits per heavy atom. The molecule has 2 aromatic heterocycles. The number of H-pyrrole nitrogens is 1. The molecule has 1 unspecified atom stereocenters. The van der Waals surface area contributed by atoms with E-state index in [-0.39, 0.29) is 18.5 Å². The number of rotatable bonds is 8. The van der Waals surface area contributed by atoms with Gasteiger partial charge in [-0.2, -0.15) is 5.10 Å². The maximum absolute atomic E-state index is 12.3. The largest absolute Gasteiger partial charge is 0.353 e. The van der Waals surface area contributed by atoms with E-state index in [1.165, 1.54) is 4.88 Å². The summed E-state index contributed by atoms with van der Waals surface area (Å²) in [6.45, 7) is 2.85. The van der Waals surface area contributed by atoms with E-state index in [2.05, 4.69) is 38.8 Å². The summed E-state index contributed by atoms with van der Waals surface area (Å²) in [7, 11) is 4.03. The molecule has 0 fully saturated rings. The molecule has 0 spiro atoms. The van der Waals surface area contributed by atoms with Gasteiger partial charge in [0.15, 0.2) is 4.77 Å². The van der Waals surface area contributed by atoms with Crippen LogP contribution in [0.25, 0.3) is 0 Å². The molecule has 2 aromatic rings. The lowest BCUT2D eigenvalue weighted by atomic mass is 10.2. The highest BCUT2D eigenvalue weighted by Crippen LogP contribution is 2.22. The standard InChI is InChI=1S/C15H23N5OS2/c1-4-6-13-17-18-15(22)20(13)10-14(21)16-9-11(19(2)3)12-7-5-8-23-12/h5,7-8,11H,4,6,9-10H2,1-3H3,(H,16,21)(H,18,22). The van der Waals surface area contributed by atoms with Gasteiger partial charge in [-0.25, -0.2) is 0 Å². The van der Waals surface area contributed by atoms with E-state index in [1.54, 1.807) is 15.9 Å². The minimum Gasteiger partial charge on any atom is -0.353 e. The summed E-state index contributed by atoms with van der Waals surface area (Å²) in [6, 6.07) is 4.29. The second-order valence-electron chi connectivity index (χ2n) is 5.58. The van der Waals surface area contributed by atoms with Crippen molar-refractivity contribution in [3.8, 4) is 0 Å². The Morgan fingerprint density at radius 1 is 1.57 bits per heavy atom.